The van der Waals surface area contributed by atoms with Crippen molar-refractivity contribution in [1.82, 2.24) is 10.3 Å². The lowest BCUT2D eigenvalue weighted by atomic mass is 10.1. The molecule has 0 aromatic carbocycles. The first-order valence-electron chi connectivity index (χ1n) is 8.22. The second-order valence-corrected chi connectivity index (χ2v) is 6.70. The van der Waals surface area contributed by atoms with Crippen LogP contribution >= 0.6 is 0 Å². The number of hydrogen-bond acceptors (Lipinski definition) is 4. The number of pyridine rings is 1. The summed E-state index contributed by atoms with van der Waals surface area (Å²) in [6.45, 7) is 10.2. The molecular weight excluding hydrogens is 262 g/mol. The van der Waals surface area contributed by atoms with E-state index >= 15 is 0 Å². The predicted molar refractivity (Wildman–Crippen MR) is 85.8 cm³/mol. The summed E-state index contributed by atoms with van der Waals surface area (Å²) >= 11 is 0. The Morgan fingerprint density at radius 2 is 2.19 bits per heavy atom. The van der Waals surface area contributed by atoms with Crippen molar-refractivity contribution in [3.05, 3.63) is 23.4 Å². The fraction of sp³-hybridized carbons (Fsp3) is 0.706. The number of ether oxygens (including phenoxy) is 1. The van der Waals surface area contributed by atoms with E-state index in [1.165, 1.54) is 24.1 Å². The van der Waals surface area contributed by atoms with Crippen LogP contribution in [0.25, 0.3) is 0 Å². The standard InChI is InChI=1S/C17H27N3O/c1-12(2)16-8-14(10-18-15-4-5-15)9-17(19-16)20-6-7-21-13(3)11-20/h8-9,12-13,15,18H,4-7,10-11H2,1-3H3. The Labute approximate surface area is 127 Å². The monoisotopic (exact) mass is 289 g/mol. The zero-order valence-electron chi connectivity index (χ0n) is 13.4. The molecule has 1 N–H and O–H groups in total. The van der Waals surface area contributed by atoms with Gasteiger partial charge in [-0.25, -0.2) is 4.98 Å². The molecule has 0 radical (unpaired) electrons. The lowest BCUT2D eigenvalue weighted by Gasteiger charge is -2.32. The van der Waals surface area contributed by atoms with Crippen LogP contribution in [0, 0.1) is 0 Å². The molecule has 21 heavy (non-hydrogen) atoms. The van der Waals surface area contributed by atoms with Gasteiger partial charge >= 0.3 is 0 Å². The van der Waals surface area contributed by atoms with Crippen molar-refractivity contribution in [1.29, 1.82) is 0 Å². The third-order valence-electron chi connectivity index (χ3n) is 4.22. The lowest BCUT2D eigenvalue weighted by Crippen LogP contribution is -2.41. The molecule has 1 atom stereocenters. The third kappa shape index (κ3) is 3.95. The molecule has 3 rings (SSSR count). The molecule has 1 aromatic rings. The van der Waals surface area contributed by atoms with Crippen molar-refractivity contribution in [3.63, 3.8) is 0 Å². The molecule has 2 aliphatic rings. The van der Waals surface area contributed by atoms with Gasteiger partial charge in [0.25, 0.3) is 0 Å². The van der Waals surface area contributed by atoms with Crippen molar-refractivity contribution in [2.45, 2.75) is 58.2 Å². The van der Waals surface area contributed by atoms with Gasteiger partial charge in [-0.2, -0.15) is 0 Å². The van der Waals surface area contributed by atoms with Crippen molar-refractivity contribution in [2.24, 2.45) is 0 Å². The van der Waals surface area contributed by atoms with Crippen molar-refractivity contribution in [2.75, 3.05) is 24.6 Å². The van der Waals surface area contributed by atoms with Crippen LogP contribution < -0.4 is 10.2 Å². The highest BCUT2D eigenvalue weighted by molar-refractivity contribution is 5.44. The minimum absolute atomic E-state index is 0.288. The summed E-state index contributed by atoms with van der Waals surface area (Å²) in [4.78, 5) is 7.24. The summed E-state index contributed by atoms with van der Waals surface area (Å²) in [6.07, 6.45) is 2.95. The highest BCUT2D eigenvalue weighted by atomic mass is 16.5. The van der Waals surface area contributed by atoms with Crippen LogP contribution in [0.15, 0.2) is 12.1 Å². The number of hydrogen-bond donors (Lipinski definition) is 1. The maximum Gasteiger partial charge on any atom is 0.129 e. The largest absolute Gasteiger partial charge is 0.375 e. The first-order valence-corrected chi connectivity index (χ1v) is 8.22. The summed E-state index contributed by atoms with van der Waals surface area (Å²) in [5.41, 5.74) is 2.55. The van der Waals surface area contributed by atoms with E-state index in [9.17, 15) is 0 Å². The van der Waals surface area contributed by atoms with E-state index in [0.717, 1.165) is 38.1 Å². The van der Waals surface area contributed by atoms with Gasteiger partial charge in [-0.1, -0.05) is 13.8 Å². The van der Waals surface area contributed by atoms with E-state index in [2.05, 4.69) is 43.1 Å². The van der Waals surface area contributed by atoms with E-state index in [-0.39, 0.29) is 6.10 Å². The Morgan fingerprint density at radius 1 is 1.38 bits per heavy atom. The molecule has 1 saturated heterocycles. The minimum Gasteiger partial charge on any atom is -0.375 e. The molecule has 4 heteroatoms. The van der Waals surface area contributed by atoms with Gasteiger partial charge in [-0.3, -0.25) is 0 Å². The fourth-order valence-electron chi connectivity index (χ4n) is 2.73. The highest BCUT2D eigenvalue weighted by Gasteiger charge is 2.22. The Hall–Kier alpha value is -1.13. The average molecular weight is 289 g/mol. The minimum atomic E-state index is 0.288. The molecule has 0 bridgehead atoms. The molecule has 1 aliphatic heterocycles. The zero-order valence-corrected chi connectivity index (χ0v) is 13.4. The maximum atomic E-state index is 5.64. The number of aromatic nitrogens is 1. The summed E-state index contributed by atoms with van der Waals surface area (Å²) < 4.78 is 5.64. The summed E-state index contributed by atoms with van der Waals surface area (Å²) in [5, 5.41) is 3.61. The van der Waals surface area contributed by atoms with Gasteiger partial charge < -0.3 is 15.0 Å². The molecular formula is C17H27N3O. The molecule has 0 amide bonds. The summed E-state index contributed by atoms with van der Waals surface area (Å²) in [5.74, 6) is 1.58. The molecule has 0 spiro atoms. The SMILES string of the molecule is CC1CN(c2cc(CNC3CC3)cc(C(C)C)n2)CCO1. The van der Waals surface area contributed by atoms with Gasteiger partial charge in [0.2, 0.25) is 0 Å². The third-order valence-corrected chi connectivity index (χ3v) is 4.22. The van der Waals surface area contributed by atoms with E-state index in [0.29, 0.717) is 5.92 Å². The van der Waals surface area contributed by atoms with Gasteiger partial charge in [0.05, 0.1) is 12.7 Å². The number of anilines is 1. The van der Waals surface area contributed by atoms with Gasteiger partial charge in [-0.15, -0.1) is 0 Å². The Balaban J connectivity index is 1.79. The number of nitrogens with one attached hydrogen (secondary N) is 1. The molecule has 1 saturated carbocycles. The van der Waals surface area contributed by atoms with Crippen LogP contribution in [0.1, 0.15) is 50.8 Å². The Morgan fingerprint density at radius 3 is 2.86 bits per heavy atom. The molecule has 1 aliphatic carbocycles. The van der Waals surface area contributed by atoms with Crippen molar-refractivity contribution in [3.8, 4) is 0 Å². The van der Waals surface area contributed by atoms with E-state index < -0.39 is 0 Å². The lowest BCUT2D eigenvalue weighted by molar-refractivity contribution is 0.0529. The van der Waals surface area contributed by atoms with E-state index in [1.807, 2.05) is 0 Å². The summed E-state index contributed by atoms with van der Waals surface area (Å²) in [6, 6.07) is 5.25. The second kappa shape index (κ2) is 6.32. The van der Waals surface area contributed by atoms with Crippen molar-refractivity contribution >= 4 is 5.82 Å². The van der Waals surface area contributed by atoms with Gasteiger partial charge in [0.15, 0.2) is 0 Å². The normalized spacial score (nSPS) is 22.9. The molecule has 2 fully saturated rings. The van der Waals surface area contributed by atoms with Gasteiger partial charge in [-0.05, 0) is 43.4 Å². The van der Waals surface area contributed by atoms with E-state index in [4.69, 9.17) is 9.72 Å². The summed E-state index contributed by atoms with van der Waals surface area (Å²) in [7, 11) is 0. The smallest absolute Gasteiger partial charge is 0.129 e. The molecule has 116 valence electrons. The topological polar surface area (TPSA) is 37.4 Å². The average Bonchev–Trinajstić information content (AvgIpc) is 3.29. The van der Waals surface area contributed by atoms with Crippen LogP contribution in [0.2, 0.25) is 0 Å². The van der Waals surface area contributed by atoms with Crippen molar-refractivity contribution < 1.29 is 4.74 Å². The molecule has 2 heterocycles. The first kappa shape index (κ1) is 14.8. The maximum absolute atomic E-state index is 5.64. The number of rotatable bonds is 5. The molecule has 1 aromatic heterocycles. The van der Waals surface area contributed by atoms with E-state index in [1.54, 1.807) is 0 Å². The highest BCUT2D eigenvalue weighted by Crippen LogP contribution is 2.24. The quantitative estimate of drug-likeness (QED) is 0.904. The van der Waals surface area contributed by atoms with Crippen LogP contribution in [-0.2, 0) is 11.3 Å². The Kier molecular flexibility index (Phi) is 4.45. The van der Waals surface area contributed by atoms with Gasteiger partial charge in [0, 0.05) is 31.4 Å². The molecule has 4 nitrogen and oxygen atoms in total. The van der Waals surface area contributed by atoms with Crippen LogP contribution in [-0.4, -0.2) is 36.8 Å². The van der Waals surface area contributed by atoms with Crippen LogP contribution in [0.5, 0.6) is 0 Å². The first-order chi connectivity index (χ1) is 10.1. The van der Waals surface area contributed by atoms with Gasteiger partial charge in [0.1, 0.15) is 5.82 Å². The molecule has 1 unspecified atom stereocenters. The van der Waals surface area contributed by atoms with Crippen LogP contribution in [0.3, 0.4) is 0 Å². The zero-order chi connectivity index (χ0) is 14.8. The second-order valence-electron chi connectivity index (χ2n) is 6.70. The fourth-order valence-corrected chi connectivity index (χ4v) is 2.73. The number of morpholine rings is 1. The Bertz CT molecular complexity index is 485. The van der Waals surface area contributed by atoms with Crippen LogP contribution in [0.4, 0.5) is 5.82 Å². The predicted octanol–water partition coefficient (Wildman–Crippen LogP) is 2.68. The number of nitrogens with zero attached hydrogens (tertiary/aromatic N) is 2.